The van der Waals surface area contributed by atoms with E-state index in [1.54, 1.807) is 6.20 Å². The fraction of sp³-hybridized carbons (Fsp3) is 0.667. The molecule has 0 saturated heterocycles. The molecular formula is C15H25N3. The van der Waals surface area contributed by atoms with Crippen LogP contribution in [0, 0.1) is 11.3 Å². The van der Waals surface area contributed by atoms with Gasteiger partial charge in [0.05, 0.1) is 0 Å². The lowest BCUT2D eigenvalue weighted by Crippen LogP contribution is -2.36. The molecule has 2 rings (SSSR count). The van der Waals surface area contributed by atoms with Gasteiger partial charge in [-0.1, -0.05) is 19.9 Å². The fourth-order valence-corrected chi connectivity index (χ4v) is 2.89. The van der Waals surface area contributed by atoms with Crippen molar-refractivity contribution in [2.45, 2.75) is 52.0 Å². The first-order valence-corrected chi connectivity index (χ1v) is 6.93. The van der Waals surface area contributed by atoms with Crippen LogP contribution >= 0.6 is 0 Å². The van der Waals surface area contributed by atoms with E-state index in [1.807, 2.05) is 12.1 Å². The minimum Gasteiger partial charge on any atom is -0.383 e. The second-order valence-corrected chi connectivity index (χ2v) is 6.42. The normalized spacial score (nSPS) is 21.7. The molecule has 100 valence electrons. The Labute approximate surface area is 110 Å². The average Bonchev–Trinajstić information content (AvgIpc) is 2.32. The lowest BCUT2D eigenvalue weighted by molar-refractivity contribution is 0.173. The molecule has 0 aromatic carbocycles. The number of hydrogen-bond acceptors (Lipinski definition) is 3. The van der Waals surface area contributed by atoms with Crippen molar-refractivity contribution in [3.05, 3.63) is 23.9 Å². The first-order valence-electron chi connectivity index (χ1n) is 6.93. The second-order valence-electron chi connectivity index (χ2n) is 6.42. The molecule has 1 fully saturated rings. The third-order valence-corrected chi connectivity index (χ3v) is 4.37. The summed E-state index contributed by atoms with van der Waals surface area (Å²) < 4.78 is 0. The van der Waals surface area contributed by atoms with Crippen LogP contribution in [0.5, 0.6) is 0 Å². The van der Waals surface area contributed by atoms with Crippen LogP contribution in [0.4, 0.5) is 5.82 Å². The third-order valence-electron chi connectivity index (χ3n) is 4.37. The van der Waals surface area contributed by atoms with Gasteiger partial charge < -0.3 is 11.5 Å². The van der Waals surface area contributed by atoms with E-state index in [9.17, 15) is 0 Å². The molecule has 1 aromatic rings. The average molecular weight is 247 g/mol. The topological polar surface area (TPSA) is 64.9 Å². The first-order chi connectivity index (χ1) is 8.48. The summed E-state index contributed by atoms with van der Waals surface area (Å²) in [6, 6.07) is 4.18. The van der Waals surface area contributed by atoms with Crippen molar-refractivity contribution in [3.63, 3.8) is 0 Å². The number of aromatic nitrogens is 1. The van der Waals surface area contributed by atoms with Gasteiger partial charge in [0.25, 0.3) is 0 Å². The van der Waals surface area contributed by atoms with E-state index in [2.05, 4.69) is 18.8 Å². The van der Waals surface area contributed by atoms with Crippen LogP contribution < -0.4 is 11.5 Å². The Hall–Kier alpha value is -1.09. The molecule has 1 aliphatic carbocycles. The number of pyridine rings is 1. The molecular weight excluding hydrogens is 222 g/mol. The van der Waals surface area contributed by atoms with E-state index < -0.39 is 0 Å². The van der Waals surface area contributed by atoms with Crippen LogP contribution in [0.1, 0.15) is 45.1 Å². The van der Waals surface area contributed by atoms with E-state index in [1.165, 1.54) is 25.7 Å². The number of nitrogens with two attached hydrogens (primary N) is 2. The van der Waals surface area contributed by atoms with Gasteiger partial charge in [-0.15, -0.1) is 0 Å². The van der Waals surface area contributed by atoms with Crippen molar-refractivity contribution in [2.75, 3.05) is 5.73 Å². The largest absolute Gasteiger partial charge is 0.383 e. The summed E-state index contributed by atoms with van der Waals surface area (Å²) in [5, 5.41) is 0. The molecule has 0 bridgehead atoms. The molecule has 0 spiro atoms. The molecule has 0 amide bonds. The van der Waals surface area contributed by atoms with Crippen LogP contribution in [-0.4, -0.2) is 11.0 Å². The van der Waals surface area contributed by atoms with Gasteiger partial charge in [-0.25, -0.2) is 4.98 Å². The van der Waals surface area contributed by atoms with Gasteiger partial charge in [0.1, 0.15) is 5.82 Å². The lowest BCUT2D eigenvalue weighted by Gasteiger charge is -2.37. The van der Waals surface area contributed by atoms with E-state index in [0.717, 1.165) is 12.0 Å². The van der Waals surface area contributed by atoms with Gasteiger partial charge in [0, 0.05) is 12.2 Å². The third kappa shape index (κ3) is 3.22. The summed E-state index contributed by atoms with van der Waals surface area (Å²) >= 11 is 0. The van der Waals surface area contributed by atoms with Crippen molar-refractivity contribution in [2.24, 2.45) is 17.1 Å². The van der Waals surface area contributed by atoms with Crippen LogP contribution in [0.15, 0.2) is 18.3 Å². The van der Waals surface area contributed by atoms with Crippen molar-refractivity contribution in [1.29, 1.82) is 0 Å². The van der Waals surface area contributed by atoms with E-state index in [-0.39, 0.29) is 6.04 Å². The quantitative estimate of drug-likeness (QED) is 0.863. The van der Waals surface area contributed by atoms with Gasteiger partial charge in [-0.2, -0.15) is 0 Å². The first kappa shape index (κ1) is 13.3. The van der Waals surface area contributed by atoms with Crippen LogP contribution in [0.2, 0.25) is 0 Å². The maximum atomic E-state index is 6.35. The zero-order chi connectivity index (χ0) is 13.2. The molecule has 1 unspecified atom stereocenters. The highest BCUT2D eigenvalue weighted by Gasteiger charge is 2.30. The monoisotopic (exact) mass is 247 g/mol. The van der Waals surface area contributed by atoms with Gasteiger partial charge in [-0.3, -0.25) is 0 Å². The summed E-state index contributed by atoms with van der Waals surface area (Å²) in [5.41, 5.74) is 13.8. The van der Waals surface area contributed by atoms with Crippen LogP contribution in [0.25, 0.3) is 0 Å². The van der Waals surface area contributed by atoms with Gasteiger partial charge in [-0.05, 0) is 55.1 Å². The van der Waals surface area contributed by atoms with Crippen LogP contribution in [0.3, 0.4) is 0 Å². The van der Waals surface area contributed by atoms with E-state index in [0.29, 0.717) is 17.2 Å². The minimum atomic E-state index is 0.215. The van der Waals surface area contributed by atoms with Gasteiger partial charge in [0.15, 0.2) is 0 Å². The number of nitrogens with zero attached hydrogens (tertiary/aromatic N) is 1. The lowest BCUT2D eigenvalue weighted by atomic mass is 9.70. The molecule has 18 heavy (non-hydrogen) atoms. The molecule has 3 nitrogen and oxygen atoms in total. The maximum absolute atomic E-state index is 6.35. The molecule has 0 radical (unpaired) electrons. The zero-order valence-electron chi connectivity index (χ0n) is 11.5. The fourth-order valence-electron chi connectivity index (χ4n) is 2.89. The molecule has 3 heteroatoms. The Kier molecular flexibility index (Phi) is 3.91. The molecule has 1 saturated carbocycles. The highest BCUT2D eigenvalue weighted by molar-refractivity contribution is 5.38. The Bertz CT molecular complexity index is 390. The van der Waals surface area contributed by atoms with Gasteiger partial charge >= 0.3 is 0 Å². The molecule has 4 N–H and O–H groups in total. The Balaban J connectivity index is 1.93. The zero-order valence-corrected chi connectivity index (χ0v) is 11.5. The van der Waals surface area contributed by atoms with Crippen LogP contribution in [-0.2, 0) is 6.42 Å². The highest BCUT2D eigenvalue weighted by atomic mass is 14.8. The molecule has 0 aliphatic heterocycles. The number of anilines is 1. The van der Waals surface area contributed by atoms with Crippen molar-refractivity contribution < 1.29 is 0 Å². The second kappa shape index (κ2) is 5.27. The molecule has 1 atom stereocenters. The summed E-state index contributed by atoms with van der Waals surface area (Å²) in [7, 11) is 0. The van der Waals surface area contributed by atoms with E-state index >= 15 is 0 Å². The number of rotatable bonds is 3. The number of nitrogen functional groups attached to an aromatic ring is 1. The van der Waals surface area contributed by atoms with Crippen molar-refractivity contribution in [3.8, 4) is 0 Å². The summed E-state index contributed by atoms with van der Waals surface area (Å²) in [4.78, 5) is 4.12. The summed E-state index contributed by atoms with van der Waals surface area (Å²) in [6.07, 6.45) is 7.64. The Morgan fingerprint density at radius 3 is 2.67 bits per heavy atom. The highest BCUT2D eigenvalue weighted by Crippen LogP contribution is 2.39. The maximum Gasteiger partial charge on any atom is 0.126 e. The predicted molar refractivity (Wildman–Crippen MR) is 76.1 cm³/mol. The summed E-state index contributed by atoms with van der Waals surface area (Å²) in [5.74, 6) is 1.27. The smallest absolute Gasteiger partial charge is 0.126 e. The minimum absolute atomic E-state index is 0.215. The Morgan fingerprint density at radius 1 is 1.39 bits per heavy atom. The standard InChI is InChI=1S/C15H25N3/c1-15(2)7-5-11(6-8-15)13(16)10-12-4-3-9-18-14(12)17/h3-4,9,11,13H,5-8,10,16H2,1-2H3,(H2,17,18). The van der Waals surface area contributed by atoms with Crippen molar-refractivity contribution in [1.82, 2.24) is 4.98 Å². The molecule has 1 aliphatic rings. The number of hydrogen-bond donors (Lipinski definition) is 2. The SMILES string of the molecule is CC1(C)CCC(C(N)Cc2cccnc2N)CC1. The summed E-state index contributed by atoms with van der Waals surface area (Å²) in [6.45, 7) is 4.71. The Morgan fingerprint density at radius 2 is 2.06 bits per heavy atom. The molecule has 1 heterocycles. The predicted octanol–water partition coefficient (Wildman–Crippen LogP) is 2.75. The van der Waals surface area contributed by atoms with Gasteiger partial charge in [0.2, 0.25) is 0 Å². The van der Waals surface area contributed by atoms with Crippen molar-refractivity contribution >= 4 is 5.82 Å². The van der Waals surface area contributed by atoms with E-state index in [4.69, 9.17) is 11.5 Å². The molecule has 1 aromatic heterocycles.